The summed E-state index contributed by atoms with van der Waals surface area (Å²) >= 11 is 0. The Balaban J connectivity index is 1.81. The molecular formula is C18H32O3. The van der Waals surface area contributed by atoms with Gasteiger partial charge in [-0.05, 0) is 19.3 Å². The molecule has 1 aliphatic heterocycles. The minimum absolute atomic E-state index is 0.120. The molecule has 2 rings (SSSR count). The van der Waals surface area contributed by atoms with Crippen LogP contribution in [0.1, 0.15) is 71.1 Å². The van der Waals surface area contributed by atoms with Crippen molar-refractivity contribution >= 4 is 0 Å². The number of aliphatic hydroxyl groups is 1. The molecule has 1 N–H and O–H groups in total. The highest BCUT2D eigenvalue weighted by Gasteiger charge is 2.45. The third-order valence-electron chi connectivity index (χ3n) is 5.01. The Bertz CT molecular complexity index is 310. The molecule has 1 saturated heterocycles. The Hall–Kier alpha value is -0.380. The lowest BCUT2D eigenvalue weighted by Gasteiger charge is -2.33. The minimum atomic E-state index is -0.481. The zero-order valence-corrected chi connectivity index (χ0v) is 13.6. The second-order valence-electron chi connectivity index (χ2n) is 6.68. The fraction of sp³-hybridized carbons (Fsp3) is 0.889. The SMILES string of the molecule is C=C[C@@H](CCCCCC)[C@H](O)[C@H]1COC2(CCCCC2)O1. The van der Waals surface area contributed by atoms with Gasteiger partial charge in [0.15, 0.2) is 5.79 Å². The van der Waals surface area contributed by atoms with Crippen molar-refractivity contribution in [3.05, 3.63) is 12.7 Å². The molecule has 122 valence electrons. The normalized spacial score (nSPS) is 27.6. The van der Waals surface area contributed by atoms with Crippen molar-refractivity contribution in [2.24, 2.45) is 5.92 Å². The average Bonchev–Trinajstić information content (AvgIpc) is 2.91. The number of aliphatic hydroxyl groups excluding tert-OH is 1. The Morgan fingerprint density at radius 3 is 2.67 bits per heavy atom. The van der Waals surface area contributed by atoms with E-state index in [1.165, 1.54) is 38.5 Å². The van der Waals surface area contributed by atoms with Gasteiger partial charge in [-0.2, -0.15) is 0 Å². The van der Waals surface area contributed by atoms with Crippen LogP contribution in [0.4, 0.5) is 0 Å². The lowest BCUT2D eigenvalue weighted by molar-refractivity contribution is -0.197. The van der Waals surface area contributed by atoms with Crippen molar-refractivity contribution < 1.29 is 14.6 Å². The average molecular weight is 296 g/mol. The Morgan fingerprint density at radius 2 is 2.00 bits per heavy atom. The van der Waals surface area contributed by atoms with Gasteiger partial charge in [-0.25, -0.2) is 0 Å². The topological polar surface area (TPSA) is 38.7 Å². The van der Waals surface area contributed by atoms with Gasteiger partial charge in [0.2, 0.25) is 0 Å². The molecule has 2 aliphatic rings. The van der Waals surface area contributed by atoms with Crippen LogP contribution in [-0.2, 0) is 9.47 Å². The summed E-state index contributed by atoms with van der Waals surface area (Å²) in [6.07, 6.45) is 12.7. The first-order valence-corrected chi connectivity index (χ1v) is 8.83. The molecule has 2 fully saturated rings. The van der Waals surface area contributed by atoms with E-state index in [2.05, 4.69) is 13.5 Å². The number of hydrogen-bond donors (Lipinski definition) is 1. The highest BCUT2D eigenvalue weighted by atomic mass is 16.7. The van der Waals surface area contributed by atoms with E-state index < -0.39 is 11.9 Å². The summed E-state index contributed by atoms with van der Waals surface area (Å²) in [5.74, 6) is -0.271. The van der Waals surface area contributed by atoms with E-state index in [1.54, 1.807) is 0 Å². The summed E-state index contributed by atoms with van der Waals surface area (Å²) in [5.41, 5.74) is 0. The van der Waals surface area contributed by atoms with Crippen molar-refractivity contribution in [3.63, 3.8) is 0 Å². The maximum atomic E-state index is 10.6. The molecule has 1 spiro atoms. The lowest BCUT2D eigenvalue weighted by atomic mass is 9.92. The lowest BCUT2D eigenvalue weighted by Crippen LogP contribution is -2.38. The van der Waals surface area contributed by atoms with Gasteiger partial charge >= 0.3 is 0 Å². The first-order valence-electron chi connectivity index (χ1n) is 8.83. The highest BCUT2D eigenvalue weighted by molar-refractivity contribution is 4.92. The molecule has 0 aromatic rings. The predicted octanol–water partition coefficient (Wildman–Crippen LogP) is 4.20. The van der Waals surface area contributed by atoms with Gasteiger partial charge in [0.25, 0.3) is 0 Å². The van der Waals surface area contributed by atoms with E-state index in [4.69, 9.17) is 9.47 Å². The second-order valence-corrected chi connectivity index (χ2v) is 6.68. The maximum absolute atomic E-state index is 10.6. The van der Waals surface area contributed by atoms with E-state index in [9.17, 15) is 5.11 Å². The molecule has 1 aliphatic carbocycles. The van der Waals surface area contributed by atoms with Crippen molar-refractivity contribution in [2.45, 2.75) is 89.1 Å². The van der Waals surface area contributed by atoms with Gasteiger partial charge in [0.05, 0.1) is 12.7 Å². The van der Waals surface area contributed by atoms with E-state index >= 15 is 0 Å². The molecule has 0 bridgehead atoms. The van der Waals surface area contributed by atoms with Gasteiger partial charge in [0, 0.05) is 18.8 Å². The number of rotatable bonds is 8. The molecule has 0 amide bonds. The summed E-state index contributed by atoms with van der Waals surface area (Å²) in [7, 11) is 0. The van der Waals surface area contributed by atoms with Gasteiger partial charge in [-0.1, -0.05) is 45.1 Å². The quantitative estimate of drug-likeness (QED) is 0.539. The fourth-order valence-corrected chi connectivity index (χ4v) is 3.61. The van der Waals surface area contributed by atoms with Crippen molar-refractivity contribution in [1.29, 1.82) is 0 Å². The maximum Gasteiger partial charge on any atom is 0.169 e. The zero-order valence-electron chi connectivity index (χ0n) is 13.6. The largest absolute Gasteiger partial charge is 0.390 e. The van der Waals surface area contributed by atoms with Crippen LogP contribution in [0.15, 0.2) is 12.7 Å². The molecule has 3 nitrogen and oxygen atoms in total. The Morgan fingerprint density at radius 1 is 1.24 bits per heavy atom. The van der Waals surface area contributed by atoms with Gasteiger partial charge in [-0.15, -0.1) is 6.58 Å². The van der Waals surface area contributed by atoms with Gasteiger partial charge in [0.1, 0.15) is 6.10 Å². The molecule has 3 atom stereocenters. The minimum Gasteiger partial charge on any atom is -0.390 e. The Kier molecular flexibility index (Phi) is 6.72. The standard InChI is InChI=1S/C18H32O3/c1-3-5-6-8-11-15(4-2)17(19)16-14-20-18(21-16)12-9-7-10-13-18/h4,15-17,19H,2-3,5-14H2,1H3/t15-,16+,17-/m0/s1. The van der Waals surface area contributed by atoms with Gasteiger partial charge in [-0.3, -0.25) is 0 Å². The van der Waals surface area contributed by atoms with Crippen LogP contribution in [0.2, 0.25) is 0 Å². The van der Waals surface area contributed by atoms with Crippen LogP contribution in [-0.4, -0.2) is 29.7 Å². The molecule has 0 unspecified atom stereocenters. The van der Waals surface area contributed by atoms with E-state index in [-0.39, 0.29) is 12.0 Å². The summed E-state index contributed by atoms with van der Waals surface area (Å²) in [5, 5.41) is 10.6. The molecular weight excluding hydrogens is 264 g/mol. The van der Waals surface area contributed by atoms with Crippen molar-refractivity contribution in [1.82, 2.24) is 0 Å². The first-order chi connectivity index (χ1) is 10.2. The summed E-state index contributed by atoms with van der Waals surface area (Å²) in [6.45, 7) is 6.64. The first kappa shape index (κ1) is 17.0. The Labute approximate surface area is 129 Å². The predicted molar refractivity (Wildman–Crippen MR) is 85.1 cm³/mol. The molecule has 0 aromatic heterocycles. The molecule has 0 radical (unpaired) electrons. The number of ether oxygens (including phenoxy) is 2. The van der Waals surface area contributed by atoms with Crippen LogP contribution >= 0.6 is 0 Å². The zero-order chi connectivity index (χ0) is 15.1. The van der Waals surface area contributed by atoms with Gasteiger partial charge < -0.3 is 14.6 Å². The fourth-order valence-electron chi connectivity index (χ4n) is 3.61. The van der Waals surface area contributed by atoms with E-state index in [1.807, 2.05) is 6.08 Å². The van der Waals surface area contributed by atoms with Crippen molar-refractivity contribution in [2.75, 3.05) is 6.61 Å². The van der Waals surface area contributed by atoms with Crippen LogP contribution in [0.5, 0.6) is 0 Å². The third kappa shape index (κ3) is 4.54. The van der Waals surface area contributed by atoms with Crippen LogP contribution in [0, 0.1) is 5.92 Å². The number of unbranched alkanes of at least 4 members (excludes halogenated alkanes) is 3. The van der Waals surface area contributed by atoms with Crippen LogP contribution in [0.3, 0.4) is 0 Å². The summed E-state index contributed by atoms with van der Waals surface area (Å²) in [4.78, 5) is 0. The molecule has 1 heterocycles. The molecule has 1 saturated carbocycles. The van der Waals surface area contributed by atoms with Crippen molar-refractivity contribution in [3.8, 4) is 0 Å². The molecule has 3 heteroatoms. The summed E-state index contributed by atoms with van der Waals surface area (Å²) in [6, 6.07) is 0. The van der Waals surface area contributed by atoms with E-state index in [0.29, 0.717) is 6.61 Å². The smallest absolute Gasteiger partial charge is 0.169 e. The van der Waals surface area contributed by atoms with Crippen LogP contribution < -0.4 is 0 Å². The molecule has 0 aromatic carbocycles. The second kappa shape index (κ2) is 8.30. The monoisotopic (exact) mass is 296 g/mol. The third-order valence-corrected chi connectivity index (χ3v) is 5.01. The highest BCUT2D eigenvalue weighted by Crippen LogP contribution is 2.39. The summed E-state index contributed by atoms with van der Waals surface area (Å²) < 4.78 is 12.1. The van der Waals surface area contributed by atoms with Crippen LogP contribution in [0.25, 0.3) is 0 Å². The van der Waals surface area contributed by atoms with E-state index in [0.717, 1.165) is 25.7 Å². The number of hydrogen-bond acceptors (Lipinski definition) is 3. The molecule has 21 heavy (non-hydrogen) atoms.